The van der Waals surface area contributed by atoms with Gasteiger partial charge in [0.15, 0.2) is 0 Å². The lowest BCUT2D eigenvalue weighted by Gasteiger charge is -2.26. The Morgan fingerprint density at radius 2 is 1.89 bits per heavy atom. The van der Waals surface area contributed by atoms with Crippen molar-refractivity contribution in [2.45, 2.75) is 58.4 Å². The normalized spacial score (nSPS) is 14.9. The number of hydrogen-bond acceptors (Lipinski definition) is 4. The third-order valence-corrected chi connectivity index (χ3v) is 6.43. The largest absolute Gasteiger partial charge is 0.507 e. The van der Waals surface area contributed by atoms with Crippen LogP contribution in [0.25, 0.3) is 0 Å². The minimum Gasteiger partial charge on any atom is -0.507 e. The van der Waals surface area contributed by atoms with Gasteiger partial charge >= 0.3 is 0 Å². The fraction of sp³-hybridized carbons (Fsp3) is 0.500. The first-order valence-electron chi connectivity index (χ1n) is 9.80. The maximum atomic E-state index is 12.9. The van der Waals surface area contributed by atoms with Crippen LogP contribution in [-0.4, -0.2) is 28.9 Å². The van der Waals surface area contributed by atoms with Gasteiger partial charge in [-0.3, -0.25) is 9.69 Å². The molecule has 1 N–H and O–H groups in total. The topological polar surface area (TPSA) is 40.5 Å². The summed E-state index contributed by atoms with van der Waals surface area (Å²) in [7, 11) is 0. The van der Waals surface area contributed by atoms with Crippen LogP contribution in [-0.2, 0) is 6.54 Å². The highest BCUT2D eigenvalue weighted by molar-refractivity contribution is 7.12. The lowest BCUT2D eigenvalue weighted by Crippen LogP contribution is -2.22. The number of rotatable bonds is 7. The van der Waals surface area contributed by atoms with Crippen LogP contribution in [0.2, 0.25) is 0 Å². The number of ketones is 1. The summed E-state index contributed by atoms with van der Waals surface area (Å²) in [4.78, 5) is 16.0. The number of carbonyl (C=O) groups excluding carboxylic acids is 1. The Balaban J connectivity index is 0.00000261. The van der Waals surface area contributed by atoms with E-state index in [1.165, 1.54) is 30.6 Å². The van der Waals surface area contributed by atoms with E-state index in [4.69, 9.17) is 0 Å². The average molecular weight is 408 g/mol. The minimum absolute atomic E-state index is 0. The van der Waals surface area contributed by atoms with Gasteiger partial charge in [-0.25, -0.2) is 0 Å². The molecule has 0 amide bonds. The fourth-order valence-electron chi connectivity index (χ4n) is 3.93. The molecular formula is C22H30ClNO2S. The van der Waals surface area contributed by atoms with Gasteiger partial charge in [-0.05, 0) is 61.0 Å². The van der Waals surface area contributed by atoms with Crippen molar-refractivity contribution in [3.63, 3.8) is 0 Å². The fourth-order valence-corrected chi connectivity index (χ4v) is 4.62. The SMILES string of the molecule is CCN(CC)Cc1cc(C(=O)c2cccs2)cc(C2CCCCC2)c1O.Cl. The van der Waals surface area contributed by atoms with Gasteiger partial charge in [-0.15, -0.1) is 23.7 Å². The number of hydrogen-bond donors (Lipinski definition) is 1. The van der Waals surface area contributed by atoms with Crippen molar-refractivity contribution in [2.24, 2.45) is 0 Å². The van der Waals surface area contributed by atoms with Crippen molar-refractivity contribution in [3.8, 4) is 5.75 Å². The van der Waals surface area contributed by atoms with Crippen LogP contribution >= 0.6 is 23.7 Å². The summed E-state index contributed by atoms with van der Waals surface area (Å²) >= 11 is 1.48. The van der Waals surface area contributed by atoms with Gasteiger partial charge in [-0.1, -0.05) is 39.2 Å². The van der Waals surface area contributed by atoms with Gasteiger partial charge in [0.1, 0.15) is 5.75 Å². The second-order valence-corrected chi connectivity index (χ2v) is 8.12. The molecule has 0 spiro atoms. The Morgan fingerprint density at radius 1 is 1.19 bits per heavy atom. The number of phenols is 1. The van der Waals surface area contributed by atoms with Gasteiger partial charge in [0.25, 0.3) is 0 Å². The van der Waals surface area contributed by atoms with E-state index in [0.717, 1.165) is 41.9 Å². The minimum atomic E-state index is 0. The smallest absolute Gasteiger partial charge is 0.202 e. The zero-order valence-corrected chi connectivity index (χ0v) is 17.9. The summed E-state index contributed by atoms with van der Waals surface area (Å²) in [5.41, 5.74) is 2.58. The van der Waals surface area contributed by atoms with Crippen molar-refractivity contribution in [2.75, 3.05) is 13.1 Å². The number of aromatic hydroxyl groups is 1. The van der Waals surface area contributed by atoms with Crippen LogP contribution in [0.15, 0.2) is 29.6 Å². The molecule has 1 saturated carbocycles. The number of halogens is 1. The molecule has 5 heteroatoms. The molecule has 1 aromatic carbocycles. The van der Waals surface area contributed by atoms with Gasteiger partial charge in [0, 0.05) is 17.7 Å². The highest BCUT2D eigenvalue weighted by Crippen LogP contribution is 2.40. The lowest BCUT2D eigenvalue weighted by molar-refractivity contribution is 0.104. The van der Waals surface area contributed by atoms with E-state index in [-0.39, 0.29) is 18.2 Å². The summed E-state index contributed by atoms with van der Waals surface area (Å²) in [6.07, 6.45) is 5.90. The molecule has 0 bridgehead atoms. The zero-order valence-electron chi connectivity index (χ0n) is 16.2. The van der Waals surface area contributed by atoms with E-state index in [1.807, 2.05) is 29.6 Å². The summed E-state index contributed by atoms with van der Waals surface area (Å²) < 4.78 is 0. The Morgan fingerprint density at radius 3 is 2.48 bits per heavy atom. The maximum Gasteiger partial charge on any atom is 0.202 e. The van der Waals surface area contributed by atoms with Crippen molar-refractivity contribution < 1.29 is 9.90 Å². The van der Waals surface area contributed by atoms with Crippen LogP contribution in [0.5, 0.6) is 5.75 Å². The molecule has 0 radical (unpaired) electrons. The number of carbonyl (C=O) groups is 1. The quantitative estimate of drug-likeness (QED) is 0.572. The number of phenolic OH excluding ortho intramolecular Hbond substituents is 1. The molecule has 2 aromatic rings. The molecule has 0 saturated heterocycles. The Bertz CT molecular complexity index is 735. The van der Waals surface area contributed by atoms with E-state index in [1.54, 1.807) is 0 Å². The number of nitrogens with zero attached hydrogens (tertiary/aromatic N) is 1. The monoisotopic (exact) mass is 407 g/mol. The molecule has 3 nitrogen and oxygen atoms in total. The Labute approximate surface area is 172 Å². The first kappa shape index (κ1) is 21.9. The van der Waals surface area contributed by atoms with Crippen LogP contribution in [0.1, 0.15) is 78.2 Å². The lowest BCUT2D eigenvalue weighted by atomic mass is 9.82. The third-order valence-electron chi connectivity index (χ3n) is 5.56. The average Bonchev–Trinajstić information content (AvgIpc) is 3.22. The Hall–Kier alpha value is -1.36. The van der Waals surface area contributed by atoms with E-state index < -0.39 is 0 Å². The second-order valence-electron chi connectivity index (χ2n) is 7.18. The van der Waals surface area contributed by atoms with E-state index in [9.17, 15) is 9.90 Å². The van der Waals surface area contributed by atoms with Crippen LogP contribution in [0.3, 0.4) is 0 Å². The maximum absolute atomic E-state index is 12.9. The first-order valence-corrected chi connectivity index (χ1v) is 10.7. The summed E-state index contributed by atoms with van der Waals surface area (Å²) in [5.74, 6) is 0.847. The van der Waals surface area contributed by atoms with Crippen molar-refractivity contribution in [1.82, 2.24) is 4.90 Å². The highest BCUT2D eigenvalue weighted by Gasteiger charge is 2.24. The van der Waals surface area contributed by atoms with Crippen LogP contribution < -0.4 is 0 Å². The molecule has 148 valence electrons. The zero-order chi connectivity index (χ0) is 18.5. The van der Waals surface area contributed by atoms with E-state index >= 15 is 0 Å². The molecule has 3 rings (SSSR count). The summed E-state index contributed by atoms with van der Waals surface area (Å²) in [6, 6.07) is 7.66. The molecule has 27 heavy (non-hydrogen) atoms. The van der Waals surface area contributed by atoms with Crippen molar-refractivity contribution >= 4 is 29.5 Å². The highest BCUT2D eigenvalue weighted by atomic mass is 35.5. The molecular weight excluding hydrogens is 378 g/mol. The molecule has 1 aliphatic rings. The standard InChI is InChI=1S/C22H29NO2S.ClH/c1-3-23(4-2)15-18-13-17(22(25)20-11-8-12-26-20)14-19(21(18)24)16-9-6-5-7-10-16;/h8,11-14,16,24H,3-7,9-10,15H2,1-2H3;1H. The molecule has 1 aromatic heterocycles. The molecule has 1 aliphatic carbocycles. The summed E-state index contributed by atoms with van der Waals surface area (Å²) in [5, 5.41) is 12.9. The number of thiophene rings is 1. The van der Waals surface area contributed by atoms with Gasteiger partial charge < -0.3 is 5.11 Å². The second kappa shape index (κ2) is 10.3. The third kappa shape index (κ3) is 5.13. The van der Waals surface area contributed by atoms with E-state index in [2.05, 4.69) is 18.7 Å². The summed E-state index contributed by atoms with van der Waals surface area (Å²) in [6.45, 7) is 6.80. The molecule has 0 aliphatic heterocycles. The van der Waals surface area contributed by atoms with Crippen molar-refractivity contribution in [3.05, 3.63) is 51.2 Å². The molecule has 1 fully saturated rings. The van der Waals surface area contributed by atoms with E-state index in [0.29, 0.717) is 23.8 Å². The predicted molar refractivity (Wildman–Crippen MR) is 116 cm³/mol. The van der Waals surface area contributed by atoms with Gasteiger partial charge in [-0.2, -0.15) is 0 Å². The molecule has 0 unspecified atom stereocenters. The van der Waals surface area contributed by atoms with Gasteiger partial charge in [0.2, 0.25) is 5.78 Å². The molecule has 0 atom stereocenters. The van der Waals surface area contributed by atoms with Crippen molar-refractivity contribution in [1.29, 1.82) is 0 Å². The Kier molecular flexibility index (Phi) is 8.33. The van der Waals surface area contributed by atoms with Crippen LogP contribution in [0, 0.1) is 0 Å². The first-order chi connectivity index (χ1) is 12.6. The van der Waals surface area contributed by atoms with Gasteiger partial charge in [0.05, 0.1) is 4.88 Å². The number of benzene rings is 1. The van der Waals surface area contributed by atoms with Crippen LogP contribution in [0.4, 0.5) is 0 Å². The predicted octanol–water partition coefficient (Wildman–Crippen LogP) is 6.00. The molecule has 1 heterocycles.